The van der Waals surface area contributed by atoms with Crippen LogP contribution in [0.1, 0.15) is 23.3 Å². The van der Waals surface area contributed by atoms with Crippen LogP contribution in [0.3, 0.4) is 0 Å². The number of aromatic nitrogens is 2. The van der Waals surface area contributed by atoms with E-state index in [-0.39, 0.29) is 24.4 Å². The van der Waals surface area contributed by atoms with Crippen LogP contribution in [-0.4, -0.2) is 15.5 Å². The third-order valence-electron chi connectivity index (χ3n) is 4.14. The van der Waals surface area contributed by atoms with Crippen molar-refractivity contribution in [1.82, 2.24) is 14.9 Å². The van der Waals surface area contributed by atoms with Crippen molar-refractivity contribution >= 4 is 28.6 Å². The molecule has 2 aromatic heterocycles. The van der Waals surface area contributed by atoms with E-state index < -0.39 is 0 Å². The van der Waals surface area contributed by atoms with Crippen molar-refractivity contribution < 1.29 is 9.21 Å². The molecular weight excluding hydrogens is 342 g/mol. The molecule has 0 fully saturated rings. The Kier molecular flexibility index (Phi) is 4.90. The van der Waals surface area contributed by atoms with Crippen molar-refractivity contribution in [3.05, 3.63) is 62.9 Å². The van der Waals surface area contributed by atoms with Crippen molar-refractivity contribution in [3.8, 4) is 0 Å². The predicted octanol–water partition coefficient (Wildman–Crippen LogP) is 2.97. The highest BCUT2D eigenvalue weighted by atomic mass is 35.5. The van der Waals surface area contributed by atoms with E-state index in [9.17, 15) is 9.59 Å². The highest BCUT2D eigenvalue weighted by Gasteiger charge is 2.14. The quantitative estimate of drug-likeness (QED) is 0.759. The second kappa shape index (κ2) is 7.11. The minimum absolute atomic E-state index is 0.137. The summed E-state index contributed by atoms with van der Waals surface area (Å²) in [6, 6.07) is 7.27. The molecule has 1 amide bonds. The maximum atomic E-state index is 12.5. The standard InChI is InChI=1S/C18H18ClN3O3/c1-11-12(2)25-17-16(11)18(24)22(10-21-17)8-7-15(23)20-9-13-3-5-14(19)6-4-13/h3-6,10H,7-9H2,1-2H3,(H,20,23). The van der Waals surface area contributed by atoms with Crippen molar-refractivity contribution in [2.45, 2.75) is 33.4 Å². The van der Waals surface area contributed by atoms with Gasteiger partial charge in [-0.1, -0.05) is 23.7 Å². The van der Waals surface area contributed by atoms with Gasteiger partial charge in [-0.15, -0.1) is 0 Å². The van der Waals surface area contributed by atoms with Crippen LogP contribution in [0.15, 0.2) is 39.8 Å². The predicted molar refractivity (Wildman–Crippen MR) is 95.7 cm³/mol. The molecule has 1 N–H and O–H groups in total. The van der Waals surface area contributed by atoms with Crippen LogP contribution in [0.5, 0.6) is 0 Å². The Hall–Kier alpha value is -2.60. The minimum Gasteiger partial charge on any atom is -0.443 e. The Morgan fingerprint density at radius 2 is 2.00 bits per heavy atom. The fraction of sp³-hybridized carbons (Fsp3) is 0.278. The van der Waals surface area contributed by atoms with Crippen LogP contribution in [0.25, 0.3) is 11.1 Å². The van der Waals surface area contributed by atoms with Gasteiger partial charge in [0.2, 0.25) is 11.6 Å². The van der Waals surface area contributed by atoms with Gasteiger partial charge in [0, 0.05) is 30.1 Å². The SMILES string of the molecule is Cc1oc2ncn(CCC(=O)NCc3ccc(Cl)cc3)c(=O)c2c1C. The number of nitrogens with zero attached hydrogens (tertiary/aromatic N) is 2. The fourth-order valence-corrected chi connectivity index (χ4v) is 2.67. The summed E-state index contributed by atoms with van der Waals surface area (Å²) in [4.78, 5) is 28.7. The van der Waals surface area contributed by atoms with Crippen molar-refractivity contribution in [2.24, 2.45) is 0 Å². The Morgan fingerprint density at radius 3 is 2.72 bits per heavy atom. The molecule has 7 heteroatoms. The van der Waals surface area contributed by atoms with E-state index in [2.05, 4.69) is 10.3 Å². The van der Waals surface area contributed by atoms with E-state index >= 15 is 0 Å². The Balaban J connectivity index is 1.63. The fourth-order valence-electron chi connectivity index (χ4n) is 2.54. The first kappa shape index (κ1) is 17.2. The molecule has 0 aliphatic heterocycles. The zero-order valence-electron chi connectivity index (χ0n) is 14.0. The molecule has 0 saturated carbocycles. The summed E-state index contributed by atoms with van der Waals surface area (Å²) in [6.07, 6.45) is 1.61. The number of carbonyl (C=O) groups is 1. The molecule has 25 heavy (non-hydrogen) atoms. The molecule has 0 bridgehead atoms. The molecule has 1 aromatic carbocycles. The molecule has 6 nitrogen and oxygen atoms in total. The summed E-state index contributed by atoms with van der Waals surface area (Å²) < 4.78 is 6.88. The first-order valence-electron chi connectivity index (χ1n) is 7.92. The summed E-state index contributed by atoms with van der Waals surface area (Å²) in [7, 11) is 0. The lowest BCUT2D eigenvalue weighted by Gasteiger charge is -2.07. The lowest BCUT2D eigenvalue weighted by Crippen LogP contribution is -2.27. The Labute approximate surface area is 149 Å². The number of hydrogen-bond donors (Lipinski definition) is 1. The first-order chi connectivity index (χ1) is 12.0. The van der Waals surface area contributed by atoms with E-state index in [1.807, 2.05) is 19.1 Å². The average Bonchev–Trinajstić information content (AvgIpc) is 2.89. The second-order valence-electron chi connectivity index (χ2n) is 5.86. The van der Waals surface area contributed by atoms with Crippen LogP contribution in [0.2, 0.25) is 5.02 Å². The van der Waals surface area contributed by atoms with Gasteiger partial charge in [0.25, 0.3) is 5.56 Å². The molecule has 0 aliphatic rings. The molecule has 0 aliphatic carbocycles. The summed E-state index contributed by atoms with van der Waals surface area (Å²) in [5, 5.41) is 3.95. The van der Waals surface area contributed by atoms with Crippen LogP contribution in [0, 0.1) is 13.8 Å². The maximum absolute atomic E-state index is 12.5. The van der Waals surface area contributed by atoms with Gasteiger partial charge in [0.1, 0.15) is 17.5 Å². The monoisotopic (exact) mass is 359 g/mol. The van der Waals surface area contributed by atoms with E-state index in [4.69, 9.17) is 16.0 Å². The number of carbonyl (C=O) groups excluding carboxylic acids is 1. The second-order valence-corrected chi connectivity index (χ2v) is 6.30. The molecular formula is C18H18ClN3O3. The highest BCUT2D eigenvalue weighted by Crippen LogP contribution is 2.19. The number of aryl methyl sites for hydroxylation is 3. The van der Waals surface area contributed by atoms with Crippen LogP contribution < -0.4 is 10.9 Å². The van der Waals surface area contributed by atoms with Gasteiger partial charge in [-0.2, -0.15) is 0 Å². The van der Waals surface area contributed by atoms with Gasteiger partial charge in [0.05, 0.1) is 0 Å². The number of benzene rings is 1. The molecule has 0 saturated heterocycles. The molecule has 3 aromatic rings. The number of fused-ring (bicyclic) bond motifs is 1. The van der Waals surface area contributed by atoms with E-state index in [0.29, 0.717) is 28.4 Å². The summed E-state index contributed by atoms with van der Waals surface area (Å²) in [6.45, 7) is 4.30. The molecule has 0 spiro atoms. The van der Waals surface area contributed by atoms with Gasteiger partial charge < -0.3 is 9.73 Å². The summed E-state index contributed by atoms with van der Waals surface area (Å²) >= 11 is 5.83. The average molecular weight is 360 g/mol. The Bertz CT molecular complexity index is 974. The van der Waals surface area contributed by atoms with Crippen LogP contribution >= 0.6 is 11.6 Å². The van der Waals surface area contributed by atoms with E-state index in [1.54, 1.807) is 19.1 Å². The van der Waals surface area contributed by atoms with Gasteiger partial charge in [-0.25, -0.2) is 4.98 Å². The van der Waals surface area contributed by atoms with Crippen molar-refractivity contribution in [3.63, 3.8) is 0 Å². The number of rotatable bonds is 5. The number of halogens is 1. The highest BCUT2D eigenvalue weighted by molar-refractivity contribution is 6.30. The first-order valence-corrected chi connectivity index (χ1v) is 8.30. The molecule has 0 atom stereocenters. The minimum atomic E-state index is -0.190. The lowest BCUT2D eigenvalue weighted by atomic mass is 10.2. The summed E-state index contributed by atoms with van der Waals surface area (Å²) in [5.74, 6) is 0.542. The lowest BCUT2D eigenvalue weighted by molar-refractivity contribution is -0.121. The largest absolute Gasteiger partial charge is 0.443 e. The molecule has 0 radical (unpaired) electrons. The van der Waals surface area contributed by atoms with Gasteiger partial charge in [-0.3, -0.25) is 14.2 Å². The van der Waals surface area contributed by atoms with Crippen molar-refractivity contribution in [2.75, 3.05) is 0 Å². The Morgan fingerprint density at radius 1 is 1.28 bits per heavy atom. The van der Waals surface area contributed by atoms with E-state index in [0.717, 1.165) is 11.1 Å². The number of hydrogen-bond acceptors (Lipinski definition) is 4. The van der Waals surface area contributed by atoms with Crippen LogP contribution in [-0.2, 0) is 17.9 Å². The molecule has 2 heterocycles. The number of amides is 1. The van der Waals surface area contributed by atoms with Gasteiger partial charge in [0.15, 0.2) is 0 Å². The third kappa shape index (κ3) is 3.74. The zero-order valence-corrected chi connectivity index (χ0v) is 14.8. The smallest absolute Gasteiger partial charge is 0.264 e. The normalized spacial score (nSPS) is 11.0. The van der Waals surface area contributed by atoms with E-state index in [1.165, 1.54) is 10.9 Å². The zero-order chi connectivity index (χ0) is 18.0. The summed E-state index contributed by atoms with van der Waals surface area (Å²) in [5.41, 5.74) is 1.89. The maximum Gasteiger partial charge on any atom is 0.264 e. The number of nitrogens with one attached hydrogen (secondary N) is 1. The van der Waals surface area contributed by atoms with Gasteiger partial charge in [-0.05, 0) is 31.5 Å². The molecule has 130 valence electrons. The molecule has 0 unspecified atom stereocenters. The molecule has 3 rings (SSSR count). The van der Waals surface area contributed by atoms with Crippen molar-refractivity contribution in [1.29, 1.82) is 0 Å². The topological polar surface area (TPSA) is 77.1 Å². The number of furan rings is 1. The van der Waals surface area contributed by atoms with Gasteiger partial charge >= 0.3 is 0 Å². The van der Waals surface area contributed by atoms with Crippen LogP contribution in [0.4, 0.5) is 0 Å². The third-order valence-corrected chi connectivity index (χ3v) is 4.39.